The van der Waals surface area contributed by atoms with Gasteiger partial charge in [0.25, 0.3) is 5.91 Å². The second kappa shape index (κ2) is 9.59. The molecule has 144 valence electrons. The summed E-state index contributed by atoms with van der Waals surface area (Å²) < 4.78 is 5.65. The lowest BCUT2D eigenvalue weighted by atomic mass is 9.84. The van der Waals surface area contributed by atoms with E-state index in [9.17, 15) is 4.79 Å². The Morgan fingerprint density at radius 1 is 1.04 bits per heavy atom. The summed E-state index contributed by atoms with van der Waals surface area (Å²) in [5.74, 6) is 1.84. The molecule has 1 fully saturated rings. The number of hydrogen-bond acceptors (Lipinski definition) is 2. The van der Waals surface area contributed by atoms with Gasteiger partial charge in [0, 0.05) is 5.69 Å². The minimum Gasteiger partial charge on any atom is -0.484 e. The van der Waals surface area contributed by atoms with Gasteiger partial charge in [0.1, 0.15) is 5.75 Å². The van der Waals surface area contributed by atoms with Gasteiger partial charge in [0.15, 0.2) is 6.61 Å². The highest BCUT2D eigenvalue weighted by atomic mass is 16.5. The fraction of sp³-hybridized carbons (Fsp3) is 0.458. The van der Waals surface area contributed by atoms with Crippen molar-refractivity contribution in [2.24, 2.45) is 0 Å². The van der Waals surface area contributed by atoms with Crippen LogP contribution in [0.2, 0.25) is 0 Å². The molecule has 1 amide bonds. The molecule has 27 heavy (non-hydrogen) atoms. The van der Waals surface area contributed by atoms with Crippen LogP contribution in [0.3, 0.4) is 0 Å². The fourth-order valence-electron chi connectivity index (χ4n) is 3.75. The van der Waals surface area contributed by atoms with Crippen LogP contribution in [0, 0.1) is 0 Å². The first kappa shape index (κ1) is 19.5. The molecule has 0 radical (unpaired) electrons. The number of carbonyl (C=O) groups excluding carboxylic acids is 1. The molecule has 3 rings (SSSR count). The van der Waals surface area contributed by atoms with E-state index in [2.05, 4.69) is 43.4 Å². The minimum absolute atomic E-state index is 0.0237. The van der Waals surface area contributed by atoms with Gasteiger partial charge in [-0.2, -0.15) is 0 Å². The fourth-order valence-corrected chi connectivity index (χ4v) is 3.75. The Bertz CT molecular complexity index is 715. The van der Waals surface area contributed by atoms with Crippen molar-refractivity contribution in [2.75, 3.05) is 11.9 Å². The first-order valence-electron chi connectivity index (χ1n) is 10.3. The Kier molecular flexibility index (Phi) is 6.92. The van der Waals surface area contributed by atoms with E-state index < -0.39 is 0 Å². The second-order valence-corrected chi connectivity index (χ2v) is 7.67. The molecule has 3 heteroatoms. The zero-order valence-electron chi connectivity index (χ0n) is 16.5. The molecule has 1 atom stereocenters. The van der Waals surface area contributed by atoms with E-state index in [-0.39, 0.29) is 12.5 Å². The van der Waals surface area contributed by atoms with Crippen molar-refractivity contribution < 1.29 is 9.53 Å². The highest BCUT2D eigenvalue weighted by Gasteiger charge is 2.15. The zero-order chi connectivity index (χ0) is 19.1. The number of nitrogens with one attached hydrogen (secondary N) is 1. The number of anilines is 1. The molecule has 2 aromatic carbocycles. The first-order chi connectivity index (χ1) is 13.2. The van der Waals surface area contributed by atoms with Crippen LogP contribution < -0.4 is 10.1 Å². The number of carbonyl (C=O) groups is 1. The van der Waals surface area contributed by atoms with Crippen LogP contribution in [-0.4, -0.2) is 12.5 Å². The molecule has 0 unspecified atom stereocenters. The quantitative estimate of drug-likeness (QED) is 0.628. The van der Waals surface area contributed by atoms with Crippen LogP contribution in [0.5, 0.6) is 5.75 Å². The lowest BCUT2D eigenvalue weighted by Crippen LogP contribution is -2.20. The highest BCUT2D eigenvalue weighted by molar-refractivity contribution is 5.91. The van der Waals surface area contributed by atoms with Crippen LogP contribution in [-0.2, 0) is 4.79 Å². The van der Waals surface area contributed by atoms with Crippen molar-refractivity contribution in [3.8, 4) is 5.75 Å². The van der Waals surface area contributed by atoms with E-state index in [1.807, 2.05) is 24.3 Å². The predicted octanol–water partition coefficient (Wildman–Crippen LogP) is 6.27. The minimum atomic E-state index is -0.136. The van der Waals surface area contributed by atoms with Gasteiger partial charge in [0.05, 0.1) is 0 Å². The molecule has 1 N–H and O–H groups in total. The van der Waals surface area contributed by atoms with E-state index in [0.717, 1.165) is 17.9 Å². The Morgan fingerprint density at radius 2 is 1.70 bits per heavy atom. The van der Waals surface area contributed by atoms with E-state index in [1.165, 1.54) is 43.2 Å². The summed E-state index contributed by atoms with van der Waals surface area (Å²) >= 11 is 0. The summed E-state index contributed by atoms with van der Waals surface area (Å²) in [6.07, 6.45) is 7.73. The number of rotatable bonds is 7. The van der Waals surface area contributed by atoms with Crippen LogP contribution in [0.25, 0.3) is 0 Å². The Balaban J connectivity index is 1.47. The third-order valence-corrected chi connectivity index (χ3v) is 5.70. The molecule has 0 saturated heterocycles. The van der Waals surface area contributed by atoms with Crippen LogP contribution in [0.4, 0.5) is 5.69 Å². The average molecular weight is 366 g/mol. The largest absolute Gasteiger partial charge is 0.484 e. The van der Waals surface area contributed by atoms with Gasteiger partial charge in [-0.05, 0) is 66.5 Å². The van der Waals surface area contributed by atoms with Crippen molar-refractivity contribution in [3.63, 3.8) is 0 Å². The van der Waals surface area contributed by atoms with Crippen molar-refractivity contribution in [1.29, 1.82) is 0 Å². The van der Waals surface area contributed by atoms with E-state index in [1.54, 1.807) is 0 Å². The van der Waals surface area contributed by atoms with Crippen LogP contribution in [0.15, 0.2) is 48.5 Å². The maximum atomic E-state index is 12.1. The summed E-state index contributed by atoms with van der Waals surface area (Å²) in [7, 11) is 0. The van der Waals surface area contributed by atoms with Crippen molar-refractivity contribution in [2.45, 2.75) is 64.2 Å². The summed E-state index contributed by atoms with van der Waals surface area (Å²) in [6, 6.07) is 16.3. The average Bonchev–Trinajstić information content (AvgIpc) is 2.73. The second-order valence-electron chi connectivity index (χ2n) is 7.67. The molecule has 0 bridgehead atoms. The predicted molar refractivity (Wildman–Crippen MR) is 112 cm³/mol. The number of ether oxygens (including phenoxy) is 1. The molecule has 0 aliphatic heterocycles. The number of amides is 1. The third kappa shape index (κ3) is 5.59. The molecular formula is C24H31NO2. The van der Waals surface area contributed by atoms with Gasteiger partial charge in [-0.15, -0.1) is 0 Å². The summed E-state index contributed by atoms with van der Waals surface area (Å²) in [4.78, 5) is 12.1. The van der Waals surface area contributed by atoms with Crippen molar-refractivity contribution in [3.05, 3.63) is 59.7 Å². The topological polar surface area (TPSA) is 38.3 Å². The molecule has 1 saturated carbocycles. The molecule has 0 spiro atoms. The van der Waals surface area contributed by atoms with Gasteiger partial charge in [0.2, 0.25) is 0 Å². The smallest absolute Gasteiger partial charge is 0.262 e. The van der Waals surface area contributed by atoms with Crippen molar-refractivity contribution in [1.82, 2.24) is 0 Å². The standard InChI is InChI=1S/C24H31NO2/c1-3-18(2)19-9-13-22(14-10-19)25-24(26)17-27-23-15-11-21(12-16-23)20-7-5-4-6-8-20/h9-16,18,20H,3-8,17H2,1-2H3,(H,25,26)/t18-/m0/s1. The molecule has 0 heterocycles. The molecule has 2 aromatic rings. The SMILES string of the molecule is CC[C@H](C)c1ccc(NC(=O)COc2ccc(C3CCCCC3)cc2)cc1. The number of benzene rings is 2. The molecule has 1 aliphatic carbocycles. The van der Waals surface area contributed by atoms with E-state index in [4.69, 9.17) is 4.74 Å². The Labute approximate surface area is 163 Å². The monoisotopic (exact) mass is 365 g/mol. The van der Waals surface area contributed by atoms with Crippen molar-refractivity contribution >= 4 is 11.6 Å². The Hall–Kier alpha value is -2.29. The lowest BCUT2D eigenvalue weighted by molar-refractivity contribution is -0.118. The summed E-state index contributed by atoms with van der Waals surface area (Å²) in [5, 5.41) is 2.90. The normalized spacial score (nSPS) is 15.9. The lowest BCUT2D eigenvalue weighted by Gasteiger charge is -2.22. The van der Waals surface area contributed by atoms with Gasteiger partial charge >= 0.3 is 0 Å². The molecule has 1 aliphatic rings. The molecule has 0 aromatic heterocycles. The molecule has 3 nitrogen and oxygen atoms in total. The van der Waals surface area contributed by atoms with Crippen LogP contribution in [0.1, 0.15) is 75.3 Å². The molecular weight excluding hydrogens is 334 g/mol. The first-order valence-corrected chi connectivity index (χ1v) is 10.3. The maximum absolute atomic E-state index is 12.1. The van der Waals surface area contributed by atoms with Gasteiger partial charge in [-0.25, -0.2) is 0 Å². The van der Waals surface area contributed by atoms with E-state index in [0.29, 0.717) is 11.8 Å². The summed E-state index contributed by atoms with van der Waals surface area (Å²) in [6.45, 7) is 4.41. The van der Waals surface area contributed by atoms with E-state index >= 15 is 0 Å². The third-order valence-electron chi connectivity index (χ3n) is 5.70. The maximum Gasteiger partial charge on any atom is 0.262 e. The number of hydrogen-bond donors (Lipinski definition) is 1. The van der Waals surface area contributed by atoms with Gasteiger partial charge < -0.3 is 10.1 Å². The van der Waals surface area contributed by atoms with Crippen LogP contribution >= 0.6 is 0 Å². The highest BCUT2D eigenvalue weighted by Crippen LogP contribution is 2.33. The zero-order valence-corrected chi connectivity index (χ0v) is 16.5. The Morgan fingerprint density at radius 3 is 2.33 bits per heavy atom. The van der Waals surface area contributed by atoms with Gasteiger partial charge in [-0.1, -0.05) is 57.4 Å². The van der Waals surface area contributed by atoms with Gasteiger partial charge in [-0.3, -0.25) is 4.79 Å². The summed E-state index contributed by atoms with van der Waals surface area (Å²) in [5.41, 5.74) is 3.50.